The molecule has 2 aliphatic heterocycles. The van der Waals surface area contributed by atoms with E-state index < -0.39 is 37.9 Å². The fourth-order valence-corrected chi connectivity index (χ4v) is 7.03. The van der Waals surface area contributed by atoms with Crippen LogP contribution in [-0.2, 0) is 31.5 Å². The third-order valence-electron chi connectivity index (χ3n) is 7.77. The van der Waals surface area contributed by atoms with Crippen molar-refractivity contribution in [1.29, 1.82) is 0 Å². The number of nitrogens with one attached hydrogen (secondary N) is 3. The van der Waals surface area contributed by atoms with Crippen LogP contribution in [0, 0.1) is 17.6 Å². The number of benzene rings is 2. The molecule has 1 aromatic heterocycles. The Labute approximate surface area is 248 Å². The van der Waals surface area contributed by atoms with Crippen molar-refractivity contribution in [3.05, 3.63) is 64.9 Å². The van der Waals surface area contributed by atoms with E-state index >= 15 is 0 Å². The van der Waals surface area contributed by atoms with Crippen LogP contribution in [0.5, 0.6) is 0 Å². The van der Waals surface area contributed by atoms with Crippen LogP contribution >= 0.6 is 0 Å². The van der Waals surface area contributed by atoms with Gasteiger partial charge in [-0.05, 0) is 43.2 Å². The van der Waals surface area contributed by atoms with Crippen LogP contribution in [0.1, 0.15) is 48.3 Å². The first kappa shape index (κ1) is 30.6. The number of rotatable bonds is 7. The second kappa shape index (κ2) is 11.7. The van der Waals surface area contributed by atoms with Gasteiger partial charge in [0, 0.05) is 74.7 Å². The highest BCUT2D eigenvalue weighted by molar-refractivity contribution is 7.89. The number of hydrogen-bond acceptors (Lipinski definition) is 7. The van der Waals surface area contributed by atoms with Crippen molar-refractivity contribution < 1.29 is 31.5 Å². The zero-order valence-electron chi connectivity index (χ0n) is 24.3. The van der Waals surface area contributed by atoms with Gasteiger partial charge >= 0.3 is 0 Å². The number of nitrogens with zero attached hydrogens (tertiary/aromatic N) is 3. The minimum Gasteiger partial charge on any atom is -0.381 e. The van der Waals surface area contributed by atoms with E-state index in [0.29, 0.717) is 49.1 Å². The number of sulfonamides is 1. The first-order chi connectivity index (χ1) is 20.3. The SMILES string of the molecule is CN(C)c1ccc(C(=O)Nc2n[nH]c3c2CN(S(=O)(=O)c2cc(F)cc(F)c2)CC3(C)C)c(NC(=O)C2CCOCC2)c1. The minimum atomic E-state index is -4.30. The first-order valence-electron chi connectivity index (χ1n) is 13.8. The van der Waals surface area contributed by atoms with E-state index in [1.54, 1.807) is 32.0 Å². The van der Waals surface area contributed by atoms with Crippen molar-refractivity contribution in [3.8, 4) is 0 Å². The average Bonchev–Trinajstić information content (AvgIpc) is 3.36. The average molecular weight is 617 g/mol. The van der Waals surface area contributed by atoms with Crippen LogP contribution in [0.4, 0.5) is 26.0 Å². The molecule has 2 aliphatic rings. The van der Waals surface area contributed by atoms with Gasteiger partial charge in [0.25, 0.3) is 5.91 Å². The minimum absolute atomic E-state index is 0.00439. The van der Waals surface area contributed by atoms with Gasteiger partial charge in [-0.2, -0.15) is 9.40 Å². The lowest BCUT2D eigenvalue weighted by Gasteiger charge is -2.36. The summed E-state index contributed by atoms with van der Waals surface area (Å²) in [6.07, 6.45) is 1.16. The van der Waals surface area contributed by atoms with Gasteiger partial charge in [0.2, 0.25) is 15.9 Å². The molecule has 0 radical (unpaired) electrons. The molecule has 0 atom stereocenters. The highest BCUT2D eigenvalue weighted by Crippen LogP contribution is 2.38. The number of halogens is 2. The molecule has 5 rings (SSSR count). The monoisotopic (exact) mass is 616 g/mol. The number of aromatic nitrogens is 2. The lowest BCUT2D eigenvalue weighted by Crippen LogP contribution is -2.45. The molecule has 3 N–H and O–H groups in total. The summed E-state index contributed by atoms with van der Waals surface area (Å²) < 4.78 is 61.2. The van der Waals surface area contributed by atoms with Crippen molar-refractivity contribution in [2.75, 3.05) is 49.4 Å². The Bertz CT molecular complexity index is 1650. The molecule has 1 fully saturated rings. The lowest BCUT2D eigenvalue weighted by atomic mass is 9.84. The maximum atomic E-state index is 13.9. The smallest absolute Gasteiger partial charge is 0.258 e. The van der Waals surface area contributed by atoms with Gasteiger partial charge in [0.15, 0.2) is 5.82 Å². The lowest BCUT2D eigenvalue weighted by molar-refractivity contribution is -0.122. The zero-order valence-corrected chi connectivity index (χ0v) is 25.1. The van der Waals surface area contributed by atoms with Crippen LogP contribution in [0.3, 0.4) is 0 Å². The molecule has 230 valence electrons. The van der Waals surface area contributed by atoms with Gasteiger partial charge in [0.1, 0.15) is 11.6 Å². The summed E-state index contributed by atoms with van der Waals surface area (Å²) in [5.74, 6) is -2.92. The van der Waals surface area contributed by atoms with E-state index in [9.17, 15) is 26.8 Å². The van der Waals surface area contributed by atoms with Gasteiger partial charge in [0.05, 0.1) is 16.1 Å². The summed E-state index contributed by atoms with van der Waals surface area (Å²) in [6.45, 7) is 4.39. The summed E-state index contributed by atoms with van der Waals surface area (Å²) in [5, 5.41) is 12.9. The summed E-state index contributed by atoms with van der Waals surface area (Å²) in [4.78, 5) is 28.0. The molecular weight excluding hydrogens is 582 g/mol. The molecule has 3 aromatic rings. The molecule has 0 saturated carbocycles. The van der Waals surface area contributed by atoms with Crippen LogP contribution in [0.25, 0.3) is 0 Å². The largest absolute Gasteiger partial charge is 0.381 e. The van der Waals surface area contributed by atoms with Crippen molar-refractivity contribution in [2.45, 2.75) is 43.5 Å². The molecule has 1 saturated heterocycles. The van der Waals surface area contributed by atoms with Crippen molar-refractivity contribution in [1.82, 2.24) is 14.5 Å². The predicted molar refractivity (Wildman–Crippen MR) is 156 cm³/mol. The van der Waals surface area contributed by atoms with Crippen LogP contribution in [0.15, 0.2) is 41.3 Å². The van der Waals surface area contributed by atoms with Gasteiger partial charge < -0.3 is 20.3 Å². The van der Waals surface area contributed by atoms with Crippen LogP contribution in [-0.4, -0.2) is 68.6 Å². The van der Waals surface area contributed by atoms with E-state index in [4.69, 9.17) is 4.74 Å². The quantitative estimate of drug-likeness (QED) is 0.367. The summed E-state index contributed by atoms with van der Waals surface area (Å²) >= 11 is 0. The molecule has 14 heteroatoms. The fourth-order valence-electron chi connectivity index (χ4n) is 5.41. The Morgan fingerprint density at radius 2 is 1.74 bits per heavy atom. The van der Waals surface area contributed by atoms with Gasteiger partial charge in [-0.1, -0.05) is 13.8 Å². The number of ether oxygens (including phenoxy) is 1. The Morgan fingerprint density at radius 3 is 2.40 bits per heavy atom. The van der Waals surface area contributed by atoms with Crippen LogP contribution in [0.2, 0.25) is 0 Å². The van der Waals surface area contributed by atoms with Gasteiger partial charge in [-0.15, -0.1) is 0 Å². The number of hydrogen-bond donors (Lipinski definition) is 3. The standard InChI is InChI=1S/C29H34F2N6O5S/c1-29(2)16-37(43(40,41)21-12-18(30)11-19(31)13-21)15-23-25(29)34-35-26(23)33-28(39)22-6-5-20(36(3)4)14-24(22)32-27(38)17-7-9-42-10-8-17/h5-6,11-14,17H,7-10,15-16H2,1-4H3,(H,32,38)(H2,33,34,35,39). The van der Waals surface area contributed by atoms with Crippen molar-refractivity contribution >= 4 is 39.0 Å². The highest BCUT2D eigenvalue weighted by atomic mass is 32.2. The molecule has 0 aliphatic carbocycles. The predicted octanol–water partition coefficient (Wildman–Crippen LogP) is 3.85. The molecule has 2 amide bonds. The summed E-state index contributed by atoms with van der Waals surface area (Å²) in [7, 11) is -0.618. The molecule has 0 spiro atoms. The van der Waals surface area contributed by atoms with Gasteiger partial charge in [-0.3, -0.25) is 14.7 Å². The van der Waals surface area contributed by atoms with E-state index in [-0.39, 0.29) is 36.3 Å². The topological polar surface area (TPSA) is 137 Å². The second-order valence-corrected chi connectivity index (χ2v) is 13.6. The third-order valence-corrected chi connectivity index (χ3v) is 9.54. The molecule has 2 aromatic carbocycles. The Balaban J connectivity index is 1.44. The molecular formula is C29H34F2N6O5S. The maximum Gasteiger partial charge on any atom is 0.258 e. The maximum absolute atomic E-state index is 13.9. The van der Waals surface area contributed by atoms with Gasteiger partial charge in [-0.25, -0.2) is 17.2 Å². The Hall–Kier alpha value is -3.88. The van der Waals surface area contributed by atoms with Crippen molar-refractivity contribution in [3.63, 3.8) is 0 Å². The van der Waals surface area contributed by atoms with Crippen molar-refractivity contribution in [2.24, 2.45) is 5.92 Å². The summed E-state index contributed by atoms with van der Waals surface area (Å²) in [5.41, 5.74) is 1.55. The zero-order chi connectivity index (χ0) is 31.1. The number of aromatic amines is 1. The Morgan fingerprint density at radius 1 is 1.07 bits per heavy atom. The Kier molecular flexibility index (Phi) is 8.29. The molecule has 0 unspecified atom stereocenters. The number of fused-ring (bicyclic) bond motifs is 1. The van der Waals surface area contributed by atoms with Crippen LogP contribution < -0.4 is 15.5 Å². The van der Waals surface area contributed by atoms with E-state index in [1.165, 1.54) is 0 Å². The normalized spacial score (nSPS) is 17.3. The second-order valence-electron chi connectivity index (χ2n) is 11.6. The fraction of sp³-hybridized carbons (Fsp3) is 0.414. The molecule has 3 heterocycles. The first-order valence-corrected chi connectivity index (χ1v) is 15.3. The third kappa shape index (κ3) is 6.26. The number of amides is 2. The number of H-pyrrole nitrogens is 1. The number of anilines is 3. The molecule has 11 nitrogen and oxygen atoms in total. The highest BCUT2D eigenvalue weighted by Gasteiger charge is 2.41. The molecule has 43 heavy (non-hydrogen) atoms. The van der Waals surface area contributed by atoms with E-state index in [2.05, 4.69) is 20.8 Å². The molecule has 0 bridgehead atoms. The van der Waals surface area contributed by atoms with E-state index in [1.807, 2.05) is 19.0 Å². The number of carbonyl (C=O) groups is 2. The van der Waals surface area contributed by atoms with E-state index in [0.717, 1.165) is 22.1 Å². The number of carbonyl (C=O) groups excluding carboxylic acids is 2. The summed E-state index contributed by atoms with van der Waals surface area (Å²) in [6, 6.07) is 7.20.